The molecule has 27 heavy (non-hydrogen) atoms. The van der Waals surface area contributed by atoms with E-state index in [1.54, 1.807) is 7.11 Å². The number of ether oxygens (including phenoxy) is 2. The van der Waals surface area contributed by atoms with Crippen LogP contribution in [0, 0.1) is 0 Å². The van der Waals surface area contributed by atoms with E-state index in [0.29, 0.717) is 31.3 Å². The number of hydrogen-bond donors (Lipinski definition) is 1. The zero-order chi connectivity index (χ0) is 18.9. The third-order valence-corrected chi connectivity index (χ3v) is 3.80. The highest BCUT2D eigenvalue weighted by molar-refractivity contribution is 5.75. The van der Waals surface area contributed by atoms with Crippen LogP contribution in [-0.4, -0.2) is 36.3 Å². The van der Waals surface area contributed by atoms with Crippen molar-refractivity contribution < 1.29 is 18.8 Å². The fourth-order valence-corrected chi connectivity index (χ4v) is 2.41. The summed E-state index contributed by atoms with van der Waals surface area (Å²) in [5.41, 5.74) is 0.812. The monoisotopic (exact) mass is 367 g/mol. The van der Waals surface area contributed by atoms with Crippen molar-refractivity contribution >= 4 is 5.91 Å². The number of amides is 1. The normalized spacial score (nSPS) is 10.4. The highest BCUT2D eigenvalue weighted by Crippen LogP contribution is 2.21. The van der Waals surface area contributed by atoms with Crippen molar-refractivity contribution in [2.45, 2.75) is 12.8 Å². The van der Waals surface area contributed by atoms with Crippen molar-refractivity contribution in [1.82, 2.24) is 15.5 Å². The van der Waals surface area contributed by atoms with Gasteiger partial charge in [-0.3, -0.25) is 4.79 Å². The number of methoxy groups -OCH3 is 1. The number of carbonyl (C=O) groups excluding carboxylic acids is 1. The van der Waals surface area contributed by atoms with Gasteiger partial charge in [-0.15, -0.1) is 0 Å². The number of rotatable bonds is 9. The Hall–Kier alpha value is -3.35. The molecule has 7 heteroatoms. The van der Waals surface area contributed by atoms with Crippen molar-refractivity contribution in [1.29, 1.82) is 0 Å². The standard InChI is InChI=1S/C20H21N3O4/c1-25-17-9-5-6-15(14-17)20-22-19(27-23-20)10-12-21-18(24)11-13-26-16-7-3-2-4-8-16/h2-9,14H,10-13H2,1H3,(H,21,24). The second kappa shape index (κ2) is 9.38. The van der Waals surface area contributed by atoms with Crippen LogP contribution < -0.4 is 14.8 Å². The molecule has 140 valence electrons. The van der Waals surface area contributed by atoms with Crippen LogP contribution in [0.1, 0.15) is 12.3 Å². The minimum Gasteiger partial charge on any atom is -0.497 e. The molecule has 0 aliphatic carbocycles. The molecule has 0 spiro atoms. The lowest BCUT2D eigenvalue weighted by Crippen LogP contribution is -2.27. The lowest BCUT2D eigenvalue weighted by molar-refractivity contribution is -0.121. The molecule has 0 saturated carbocycles. The van der Waals surface area contributed by atoms with Crippen LogP contribution in [0.2, 0.25) is 0 Å². The van der Waals surface area contributed by atoms with Gasteiger partial charge in [0.05, 0.1) is 20.1 Å². The van der Waals surface area contributed by atoms with Gasteiger partial charge >= 0.3 is 0 Å². The Morgan fingerprint density at radius 3 is 2.74 bits per heavy atom. The Bertz CT molecular complexity index is 864. The highest BCUT2D eigenvalue weighted by atomic mass is 16.5. The second-order valence-corrected chi connectivity index (χ2v) is 5.76. The molecule has 1 N–H and O–H groups in total. The molecule has 7 nitrogen and oxygen atoms in total. The first-order valence-corrected chi connectivity index (χ1v) is 8.66. The number of carbonyl (C=O) groups is 1. The molecule has 0 aliphatic rings. The molecule has 2 aromatic carbocycles. The first-order valence-electron chi connectivity index (χ1n) is 8.66. The molecule has 0 saturated heterocycles. The van der Waals surface area contributed by atoms with Gasteiger partial charge in [0.15, 0.2) is 0 Å². The molecule has 0 bridgehead atoms. The van der Waals surface area contributed by atoms with Gasteiger partial charge in [-0.25, -0.2) is 0 Å². The summed E-state index contributed by atoms with van der Waals surface area (Å²) in [7, 11) is 1.61. The van der Waals surface area contributed by atoms with Crippen LogP contribution in [0.25, 0.3) is 11.4 Å². The van der Waals surface area contributed by atoms with Crippen molar-refractivity contribution in [3.8, 4) is 22.9 Å². The van der Waals surface area contributed by atoms with E-state index in [1.165, 1.54) is 0 Å². The second-order valence-electron chi connectivity index (χ2n) is 5.76. The predicted molar refractivity (Wildman–Crippen MR) is 99.6 cm³/mol. The van der Waals surface area contributed by atoms with Gasteiger partial charge in [0.2, 0.25) is 17.6 Å². The van der Waals surface area contributed by atoms with Gasteiger partial charge in [0, 0.05) is 18.5 Å². The Morgan fingerprint density at radius 1 is 1.11 bits per heavy atom. The Balaban J connectivity index is 1.40. The van der Waals surface area contributed by atoms with E-state index in [2.05, 4.69) is 15.5 Å². The fraction of sp³-hybridized carbons (Fsp3) is 0.250. The van der Waals surface area contributed by atoms with Gasteiger partial charge in [-0.2, -0.15) is 4.98 Å². The van der Waals surface area contributed by atoms with Gasteiger partial charge < -0.3 is 19.3 Å². The first kappa shape index (κ1) is 18.4. The molecule has 1 amide bonds. The van der Waals surface area contributed by atoms with Crippen LogP contribution in [0.3, 0.4) is 0 Å². The first-order chi connectivity index (χ1) is 13.2. The smallest absolute Gasteiger partial charge is 0.228 e. The molecule has 0 radical (unpaired) electrons. The van der Waals surface area contributed by atoms with E-state index in [0.717, 1.165) is 17.1 Å². The number of nitrogens with zero attached hydrogens (tertiary/aromatic N) is 2. The van der Waals surface area contributed by atoms with E-state index in [-0.39, 0.29) is 12.3 Å². The van der Waals surface area contributed by atoms with E-state index >= 15 is 0 Å². The highest BCUT2D eigenvalue weighted by Gasteiger charge is 2.10. The third kappa shape index (κ3) is 5.57. The van der Waals surface area contributed by atoms with Crippen LogP contribution >= 0.6 is 0 Å². The Labute approximate surface area is 157 Å². The number of nitrogens with one attached hydrogen (secondary N) is 1. The average molecular weight is 367 g/mol. The number of aromatic nitrogens is 2. The molecular formula is C20H21N3O4. The summed E-state index contributed by atoms with van der Waals surface area (Å²) in [5.74, 6) is 2.35. The van der Waals surface area contributed by atoms with Crippen molar-refractivity contribution in [2.24, 2.45) is 0 Å². The van der Waals surface area contributed by atoms with Gasteiger partial charge in [-0.05, 0) is 24.3 Å². The third-order valence-electron chi connectivity index (χ3n) is 3.80. The van der Waals surface area contributed by atoms with Gasteiger partial charge in [0.1, 0.15) is 11.5 Å². The Kier molecular flexibility index (Phi) is 6.40. The van der Waals surface area contributed by atoms with E-state index in [4.69, 9.17) is 14.0 Å². The van der Waals surface area contributed by atoms with Crippen molar-refractivity contribution in [3.05, 3.63) is 60.5 Å². The summed E-state index contributed by atoms with van der Waals surface area (Å²) in [5, 5.41) is 6.79. The maximum atomic E-state index is 11.8. The van der Waals surface area contributed by atoms with Crippen LogP contribution in [0.4, 0.5) is 0 Å². The summed E-state index contributed by atoms with van der Waals surface area (Å²) in [6, 6.07) is 16.8. The lowest BCUT2D eigenvalue weighted by Gasteiger charge is -2.06. The van der Waals surface area contributed by atoms with Crippen LogP contribution in [0.5, 0.6) is 11.5 Å². The molecule has 0 fully saturated rings. The summed E-state index contributed by atoms with van der Waals surface area (Å²) in [6.07, 6.45) is 0.746. The maximum absolute atomic E-state index is 11.8. The van der Waals surface area contributed by atoms with E-state index < -0.39 is 0 Å². The summed E-state index contributed by atoms with van der Waals surface area (Å²) >= 11 is 0. The summed E-state index contributed by atoms with van der Waals surface area (Å²) < 4.78 is 15.9. The summed E-state index contributed by atoms with van der Waals surface area (Å²) in [6.45, 7) is 0.750. The maximum Gasteiger partial charge on any atom is 0.228 e. The molecule has 3 rings (SSSR count). The van der Waals surface area contributed by atoms with E-state index in [1.807, 2.05) is 54.6 Å². The van der Waals surface area contributed by atoms with Gasteiger partial charge in [-0.1, -0.05) is 35.5 Å². The minimum atomic E-state index is -0.0848. The van der Waals surface area contributed by atoms with Gasteiger partial charge in [0.25, 0.3) is 0 Å². The van der Waals surface area contributed by atoms with Crippen molar-refractivity contribution in [3.63, 3.8) is 0 Å². The number of para-hydroxylation sites is 1. The SMILES string of the molecule is COc1cccc(-c2noc(CCNC(=O)CCOc3ccccc3)n2)c1. The molecule has 0 aliphatic heterocycles. The van der Waals surface area contributed by atoms with E-state index in [9.17, 15) is 4.79 Å². The zero-order valence-corrected chi connectivity index (χ0v) is 15.1. The molecule has 1 heterocycles. The van der Waals surface area contributed by atoms with Crippen LogP contribution in [-0.2, 0) is 11.2 Å². The average Bonchev–Trinajstić information content (AvgIpc) is 3.18. The predicted octanol–water partition coefficient (Wildman–Crippen LogP) is 2.87. The molecule has 0 atom stereocenters. The molecular weight excluding hydrogens is 346 g/mol. The number of benzene rings is 2. The number of hydrogen-bond acceptors (Lipinski definition) is 6. The van der Waals surface area contributed by atoms with Crippen LogP contribution in [0.15, 0.2) is 59.1 Å². The topological polar surface area (TPSA) is 86.5 Å². The largest absolute Gasteiger partial charge is 0.497 e. The van der Waals surface area contributed by atoms with Crippen molar-refractivity contribution in [2.75, 3.05) is 20.3 Å². The quantitative estimate of drug-likeness (QED) is 0.626. The minimum absolute atomic E-state index is 0.0848. The lowest BCUT2D eigenvalue weighted by atomic mass is 10.2. The molecule has 3 aromatic rings. The Morgan fingerprint density at radius 2 is 1.93 bits per heavy atom. The molecule has 1 aromatic heterocycles. The fourth-order valence-electron chi connectivity index (χ4n) is 2.41. The zero-order valence-electron chi connectivity index (χ0n) is 15.1. The summed E-state index contributed by atoms with van der Waals surface area (Å²) in [4.78, 5) is 16.2. The molecule has 0 unspecified atom stereocenters.